The SMILES string of the molecule is COc1cc2ncnc(Nc3cccc(C(C)=O)c3)c2cc1OC(C)=O. The van der Waals surface area contributed by atoms with Gasteiger partial charge in [-0.3, -0.25) is 9.59 Å². The van der Waals surface area contributed by atoms with Crippen molar-refractivity contribution < 1.29 is 19.1 Å². The van der Waals surface area contributed by atoms with Crippen molar-refractivity contribution in [3.8, 4) is 11.5 Å². The molecule has 1 heterocycles. The van der Waals surface area contributed by atoms with Crippen LogP contribution in [0.1, 0.15) is 24.2 Å². The summed E-state index contributed by atoms with van der Waals surface area (Å²) in [5.41, 5.74) is 1.93. The number of carbonyl (C=O) groups is 2. The smallest absolute Gasteiger partial charge is 0.308 e. The van der Waals surface area contributed by atoms with Crippen LogP contribution in [0.5, 0.6) is 11.5 Å². The van der Waals surface area contributed by atoms with Gasteiger partial charge in [0.1, 0.15) is 12.1 Å². The third kappa shape index (κ3) is 3.61. The molecule has 1 N–H and O–H groups in total. The van der Waals surface area contributed by atoms with E-state index in [1.165, 1.54) is 27.3 Å². The van der Waals surface area contributed by atoms with E-state index < -0.39 is 5.97 Å². The molecule has 0 spiro atoms. The molecule has 0 bridgehead atoms. The van der Waals surface area contributed by atoms with E-state index in [1.807, 2.05) is 6.07 Å². The first-order chi connectivity index (χ1) is 12.5. The van der Waals surface area contributed by atoms with E-state index >= 15 is 0 Å². The molecule has 0 fully saturated rings. The Kier molecular flexibility index (Phi) is 4.79. The second kappa shape index (κ2) is 7.18. The van der Waals surface area contributed by atoms with Crippen molar-refractivity contribution in [3.05, 3.63) is 48.3 Å². The summed E-state index contributed by atoms with van der Waals surface area (Å²) in [5, 5.41) is 3.83. The van der Waals surface area contributed by atoms with Crippen LogP contribution >= 0.6 is 0 Å². The highest BCUT2D eigenvalue weighted by atomic mass is 16.6. The maximum absolute atomic E-state index is 11.6. The van der Waals surface area contributed by atoms with Crippen molar-refractivity contribution in [1.82, 2.24) is 9.97 Å². The monoisotopic (exact) mass is 351 g/mol. The number of nitrogens with one attached hydrogen (secondary N) is 1. The van der Waals surface area contributed by atoms with Crippen molar-refractivity contribution >= 4 is 34.2 Å². The highest BCUT2D eigenvalue weighted by Gasteiger charge is 2.13. The zero-order valence-electron chi connectivity index (χ0n) is 14.6. The fraction of sp³-hybridized carbons (Fsp3) is 0.158. The second-order valence-electron chi connectivity index (χ2n) is 5.60. The number of benzene rings is 2. The largest absolute Gasteiger partial charge is 0.493 e. The van der Waals surface area contributed by atoms with Gasteiger partial charge in [0.05, 0.1) is 12.6 Å². The molecule has 7 heteroatoms. The molecule has 7 nitrogen and oxygen atoms in total. The number of Topliss-reactive ketones (excluding diaryl/α,β-unsaturated/α-hetero) is 1. The number of rotatable bonds is 5. The molecule has 0 atom stereocenters. The van der Waals surface area contributed by atoms with Gasteiger partial charge in [0, 0.05) is 29.6 Å². The Morgan fingerprint density at radius 2 is 1.85 bits per heavy atom. The van der Waals surface area contributed by atoms with Crippen molar-refractivity contribution in [1.29, 1.82) is 0 Å². The lowest BCUT2D eigenvalue weighted by atomic mass is 10.1. The molecule has 0 saturated heterocycles. The van der Waals surface area contributed by atoms with Gasteiger partial charge in [-0.1, -0.05) is 12.1 Å². The van der Waals surface area contributed by atoms with Crippen molar-refractivity contribution in [2.75, 3.05) is 12.4 Å². The van der Waals surface area contributed by atoms with Crippen LogP contribution < -0.4 is 14.8 Å². The van der Waals surface area contributed by atoms with Gasteiger partial charge in [-0.2, -0.15) is 0 Å². The molecular weight excluding hydrogens is 334 g/mol. The Bertz CT molecular complexity index is 1000. The molecule has 0 unspecified atom stereocenters. The quantitative estimate of drug-likeness (QED) is 0.427. The summed E-state index contributed by atoms with van der Waals surface area (Å²) in [5.74, 6) is 0.719. The summed E-state index contributed by atoms with van der Waals surface area (Å²) in [6, 6.07) is 10.4. The average molecular weight is 351 g/mol. The van der Waals surface area contributed by atoms with E-state index in [1.54, 1.807) is 30.3 Å². The standard InChI is InChI=1S/C19H17N3O4/c1-11(23)13-5-4-6-14(7-13)22-19-15-8-18(26-12(2)24)17(25-3)9-16(15)20-10-21-19/h4-10H,1-3H3,(H,20,21,22). The molecule has 3 rings (SSSR count). The van der Waals surface area contributed by atoms with E-state index in [2.05, 4.69) is 15.3 Å². The minimum atomic E-state index is -0.455. The minimum absolute atomic E-state index is 0.0249. The van der Waals surface area contributed by atoms with Gasteiger partial charge >= 0.3 is 5.97 Å². The molecule has 0 radical (unpaired) electrons. The number of aromatic nitrogens is 2. The Morgan fingerprint density at radius 1 is 1.04 bits per heavy atom. The summed E-state index contributed by atoms with van der Waals surface area (Å²) in [6.07, 6.45) is 1.42. The van der Waals surface area contributed by atoms with Gasteiger partial charge in [0.2, 0.25) is 0 Å². The summed E-state index contributed by atoms with van der Waals surface area (Å²) >= 11 is 0. The summed E-state index contributed by atoms with van der Waals surface area (Å²) in [4.78, 5) is 31.4. The summed E-state index contributed by atoms with van der Waals surface area (Å²) in [6.45, 7) is 2.83. The molecule has 0 aliphatic heterocycles. The van der Waals surface area contributed by atoms with Crippen LogP contribution in [0.4, 0.5) is 11.5 Å². The van der Waals surface area contributed by atoms with E-state index in [4.69, 9.17) is 9.47 Å². The summed E-state index contributed by atoms with van der Waals surface area (Å²) < 4.78 is 10.5. The second-order valence-corrected chi connectivity index (χ2v) is 5.60. The Labute approximate surface area is 150 Å². The number of anilines is 2. The predicted molar refractivity (Wildman–Crippen MR) is 97.1 cm³/mol. The molecule has 3 aromatic rings. The van der Waals surface area contributed by atoms with Crippen molar-refractivity contribution in [2.45, 2.75) is 13.8 Å². The van der Waals surface area contributed by atoms with Crippen LogP contribution in [0.2, 0.25) is 0 Å². The van der Waals surface area contributed by atoms with Gasteiger partial charge in [0.15, 0.2) is 17.3 Å². The average Bonchev–Trinajstić information content (AvgIpc) is 2.61. The Morgan fingerprint density at radius 3 is 2.54 bits per heavy atom. The van der Waals surface area contributed by atoms with E-state index in [-0.39, 0.29) is 11.5 Å². The van der Waals surface area contributed by atoms with Crippen LogP contribution in [0, 0.1) is 0 Å². The lowest BCUT2D eigenvalue weighted by molar-refractivity contribution is -0.132. The molecule has 0 aliphatic rings. The first kappa shape index (κ1) is 17.3. The number of fused-ring (bicyclic) bond motifs is 1. The third-order valence-electron chi connectivity index (χ3n) is 3.71. The van der Waals surface area contributed by atoms with Gasteiger partial charge in [-0.25, -0.2) is 9.97 Å². The first-order valence-corrected chi connectivity index (χ1v) is 7.87. The molecule has 26 heavy (non-hydrogen) atoms. The molecule has 0 saturated carbocycles. The third-order valence-corrected chi connectivity index (χ3v) is 3.71. The number of methoxy groups -OCH3 is 1. The predicted octanol–water partition coefficient (Wildman–Crippen LogP) is 3.51. The molecule has 1 aromatic heterocycles. The normalized spacial score (nSPS) is 10.4. The number of nitrogens with zero attached hydrogens (tertiary/aromatic N) is 2. The van der Waals surface area contributed by atoms with E-state index in [0.29, 0.717) is 33.7 Å². The van der Waals surface area contributed by atoms with Crippen LogP contribution in [0.15, 0.2) is 42.7 Å². The maximum atomic E-state index is 11.6. The number of esters is 1. The van der Waals surface area contributed by atoms with Gasteiger partial charge in [0.25, 0.3) is 0 Å². The van der Waals surface area contributed by atoms with Crippen LogP contribution in [0.3, 0.4) is 0 Å². The fourth-order valence-corrected chi connectivity index (χ4v) is 2.51. The van der Waals surface area contributed by atoms with Crippen molar-refractivity contribution in [2.24, 2.45) is 0 Å². The highest BCUT2D eigenvalue weighted by Crippen LogP contribution is 2.34. The van der Waals surface area contributed by atoms with E-state index in [0.717, 1.165) is 0 Å². The van der Waals surface area contributed by atoms with Gasteiger partial charge < -0.3 is 14.8 Å². The highest BCUT2D eigenvalue weighted by molar-refractivity contribution is 5.96. The molecule has 2 aromatic carbocycles. The zero-order valence-corrected chi connectivity index (χ0v) is 14.6. The maximum Gasteiger partial charge on any atom is 0.308 e. The lowest BCUT2D eigenvalue weighted by Crippen LogP contribution is -2.04. The van der Waals surface area contributed by atoms with E-state index in [9.17, 15) is 9.59 Å². The Hall–Kier alpha value is -3.48. The van der Waals surface area contributed by atoms with Gasteiger partial charge in [-0.05, 0) is 25.1 Å². The molecule has 0 amide bonds. The molecular formula is C19H17N3O4. The fourth-order valence-electron chi connectivity index (χ4n) is 2.51. The number of ketones is 1. The van der Waals surface area contributed by atoms with Crippen LogP contribution in [-0.2, 0) is 4.79 Å². The van der Waals surface area contributed by atoms with Gasteiger partial charge in [-0.15, -0.1) is 0 Å². The molecule has 0 aliphatic carbocycles. The van der Waals surface area contributed by atoms with Crippen molar-refractivity contribution in [3.63, 3.8) is 0 Å². The zero-order chi connectivity index (χ0) is 18.7. The number of hydrogen-bond acceptors (Lipinski definition) is 7. The number of ether oxygens (including phenoxy) is 2. The molecule has 132 valence electrons. The number of hydrogen-bond donors (Lipinski definition) is 1. The topological polar surface area (TPSA) is 90.4 Å². The first-order valence-electron chi connectivity index (χ1n) is 7.87. The number of carbonyl (C=O) groups excluding carboxylic acids is 2. The minimum Gasteiger partial charge on any atom is -0.493 e. The van der Waals surface area contributed by atoms with Crippen LogP contribution in [0.25, 0.3) is 10.9 Å². The Balaban J connectivity index is 2.07. The van der Waals surface area contributed by atoms with Crippen LogP contribution in [-0.4, -0.2) is 28.8 Å². The summed E-state index contributed by atoms with van der Waals surface area (Å²) in [7, 11) is 1.49. The lowest BCUT2D eigenvalue weighted by Gasteiger charge is -2.12.